The van der Waals surface area contributed by atoms with Crippen LogP contribution >= 0.6 is 35.0 Å². The first-order valence-corrected chi connectivity index (χ1v) is 12.3. The van der Waals surface area contributed by atoms with Gasteiger partial charge in [0.05, 0.1) is 11.9 Å². The molecule has 0 aliphatic rings. The molecular weight excluding hydrogens is 439 g/mol. The second-order valence-electron chi connectivity index (χ2n) is 6.21. The van der Waals surface area contributed by atoms with E-state index in [0.29, 0.717) is 33.8 Å². The van der Waals surface area contributed by atoms with Crippen molar-refractivity contribution in [2.24, 2.45) is 0 Å². The summed E-state index contributed by atoms with van der Waals surface area (Å²) in [6, 6.07) is 12.4. The van der Waals surface area contributed by atoms with Gasteiger partial charge in [-0.05, 0) is 36.8 Å². The average Bonchev–Trinajstić information content (AvgIpc) is 2.61. The van der Waals surface area contributed by atoms with Crippen LogP contribution in [0.4, 0.5) is 5.69 Å². The molecule has 0 bridgehead atoms. The zero-order chi connectivity index (χ0) is 20.7. The molecule has 1 amide bonds. The number of hydrogen-bond donors (Lipinski definition) is 1. The number of nitrogens with zero attached hydrogens (tertiary/aromatic N) is 1. The summed E-state index contributed by atoms with van der Waals surface area (Å²) in [4.78, 5) is 12.2. The van der Waals surface area contributed by atoms with Gasteiger partial charge >= 0.3 is 0 Å². The van der Waals surface area contributed by atoms with Crippen molar-refractivity contribution >= 4 is 56.6 Å². The summed E-state index contributed by atoms with van der Waals surface area (Å²) in [7, 11) is -3.57. The predicted molar refractivity (Wildman–Crippen MR) is 119 cm³/mol. The van der Waals surface area contributed by atoms with Crippen molar-refractivity contribution < 1.29 is 13.2 Å². The molecule has 152 valence electrons. The van der Waals surface area contributed by atoms with Crippen molar-refractivity contribution in [3.8, 4) is 0 Å². The molecule has 0 aliphatic heterocycles. The van der Waals surface area contributed by atoms with Gasteiger partial charge in [0.2, 0.25) is 15.9 Å². The Kier molecular flexibility index (Phi) is 8.49. The fourth-order valence-corrected chi connectivity index (χ4v) is 4.86. The van der Waals surface area contributed by atoms with E-state index in [1.807, 2.05) is 19.1 Å². The molecule has 1 N–H and O–H groups in total. The van der Waals surface area contributed by atoms with Crippen molar-refractivity contribution in [2.75, 3.05) is 29.4 Å². The van der Waals surface area contributed by atoms with Crippen molar-refractivity contribution in [2.45, 2.75) is 12.7 Å². The molecule has 0 aromatic heterocycles. The molecule has 2 aromatic carbocycles. The first-order chi connectivity index (χ1) is 13.2. The molecule has 28 heavy (non-hydrogen) atoms. The van der Waals surface area contributed by atoms with Crippen molar-refractivity contribution in [3.05, 3.63) is 63.6 Å². The summed E-state index contributed by atoms with van der Waals surface area (Å²) in [5.41, 5.74) is 2.34. The van der Waals surface area contributed by atoms with Gasteiger partial charge in [0.25, 0.3) is 0 Å². The van der Waals surface area contributed by atoms with Crippen LogP contribution in [0.3, 0.4) is 0 Å². The molecular formula is C19H22Cl2N2O3S2. The predicted octanol–water partition coefficient (Wildman–Crippen LogP) is 4.12. The van der Waals surface area contributed by atoms with E-state index in [2.05, 4.69) is 5.32 Å². The summed E-state index contributed by atoms with van der Waals surface area (Å²) in [5, 5.41) is 3.98. The molecule has 0 radical (unpaired) electrons. The first-order valence-electron chi connectivity index (χ1n) is 8.50. The highest BCUT2D eigenvalue weighted by atomic mass is 35.5. The molecule has 5 nitrogen and oxygen atoms in total. The van der Waals surface area contributed by atoms with Crippen LogP contribution in [-0.2, 0) is 20.6 Å². The van der Waals surface area contributed by atoms with Crippen LogP contribution in [0.2, 0.25) is 10.0 Å². The van der Waals surface area contributed by atoms with Gasteiger partial charge in [0.15, 0.2) is 0 Å². The Morgan fingerprint density at radius 1 is 1.11 bits per heavy atom. The third kappa shape index (κ3) is 6.88. The Balaban J connectivity index is 1.84. The van der Waals surface area contributed by atoms with Gasteiger partial charge in [-0.1, -0.05) is 47.0 Å². The Bertz CT molecular complexity index is 899. The minimum Gasteiger partial charge on any atom is -0.354 e. The molecule has 0 saturated carbocycles. The van der Waals surface area contributed by atoms with Gasteiger partial charge in [0, 0.05) is 28.1 Å². The van der Waals surface area contributed by atoms with Gasteiger partial charge in [-0.15, -0.1) is 0 Å². The Morgan fingerprint density at radius 3 is 2.29 bits per heavy atom. The molecule has 0 spiro atoms. The standard InChI is InChI=1S/C19H22Cl2N2O3S2/c1-14-6-8-15(9-7-14)23(28(2,25)26)12-19(24)22-10-11-27-13-16-17(20)4-3-5-18(16)21/h3-9H,10-13H2,1-2H3,(H,22,24). The van der Waals surface area contributed by atoms with E-state index in [1.165, 1.54) is 0 Å². The van der Waals surface area contributed by atoms with Gasteiger partial charge in [0.1, 0.15) is 6.54 Å². The SMILES string of the molecule is Cc1ccc(N(CC(=O)NCCSCc2c(Cl)cccc2Cl)S(C)(=O)=O)cc1. The van der Waals surface area contributed by atoms with Crippen LogP contribution in [0, 0.1) is 6.92 Å². The van der Waals surface area contributed by atoms with E-state index in [1.54, 1.807) is 42.1 Å². The third-order valence-electron chi connectivity index (χ3n) is 3.89. The largest absolute Gasteiger partial charge is 0.354 e. The van der Waals surface area contributed by atoms with Gasteiger partial charge < -0.3 is 5.32 Å². The van der Waals surface area contributed by atoms with Crippen LogP contribution in [-0.4, -0.2) is 39.4 Å². The minimum atomic E-state index is -3.57. The molecule has 2 aromatic rings. The number of thioether (sulfide) groups is 1. The molecule has 0 unspecified atom stereocenters. The van der Waals surface area contributed by atoms with E-state index in [4.69, 9.17) is 23.2 Å². The summed E-state index contributed by atoms with van der Waals surface area (Å²) >= 11 is 13.8. The molecule has 0 fully saturated rings. The molecule has 0 atom stereocenters. The quantitative estimate of drug-likeness (QED) is 0.571. The number of benzene rings is 2. The third-order valence-corrected chi connectivity index (χ3v) is 6.72. The number of halogens is 2. The van der Waals surface area contributed by atoms with E-state index in [0.717, 1.165) is 21.7 Å². The normalized spacial score (nSPS) is 11.3. The highest BCUT2D eigenvalue weighted by molar-refractivity contribution is 7.98. The maximum atomic E-state index is 12.2. The molecule has 0 aliphatic carbocycles. The number of rotatable bonds is 9. The fourth-order valence-electron chi connectivity index (χ4n) is 2.40. The number of nitrogens with one attached hydrogen (secondary N) is 1. The number of amides is 1. The van der Waals surface area contributed by atoms with E-state index in [-0.39, 0.29) is 12.5 Å². The average molecular weight is 461 g/mol. The zero-order valence-electron chi connectivity index (χ0n) is 15.6. The van der Waals surface area contributed by atoms with E-state index >= 15 is 0 Å². The topological polar surface area (TPSA) is 66.5 Å². The highest BCUT2D eigenvalue weighted by Crippen LogP contribution is 2.28. The van der Waals surface area contributed by atoms with Crippen LogP contribution in [0.1, 0.15) is 11.1 Å². The Morgan fingerprint density at radius 2 is 1.71 bits per heavy atom. The lowest BCUT2D eigenvalue weighted by Crippen LogP contribution is -2.41. The van der Waals surface area contributed by atoms with Crippen molar-refractivity contribution in [1.82, 2.24) is 5.32 Å². The van der Waals surface area contributed by atoms with Crippen molar-refractivity contribution in [3.63, 3.8) is 0 Å². The van der Waals surface area contributed by atoms with E-state index in [9.17, 15) is 13.2 Å². The molecule has 9 heteroatoms. The summed E-state index contributed by atoms with van der Waals surface area (Å²) < 4.78 is 25.2. The summed E-state index contributed by atoms with van der Waals surface area (Å²) in [5.74, 6) is 0.923. The molecule has 0 heterocycles. The van der Waals surface area contributed by atoms with Crippen LogP contribution in [0.25, 0.3) is 0 Å². The van der Waals surface area contributed by atoms with Crippen LogP contribution in [0.15, 0.2) is 42.5 Å². The lowest BCUT2D eigenvalue weighted by Gasteiger charge is -2.22. The monoisotopic (exact) mass is 460 g/mol. The van der Waals surface area contributed by atoms with Gasteiger partial charge in [-0.3, -0.25) is 9.10 Å². The van der Waals surface area contributed by atoms with Gasteiger partial charge in [-0.2, -0.15) is 11.8 Å². The fraction of sp³-hybridized carbons (Fsp3) is 0.316. The van der Waals surface area contributed by atoms with Crippen molar-refractivity contribution in [1.29, 1.82) is 0 Å². The van der Waals surface area contributed by atoms with Crippen LogP contribution in [0.5, 0.6) is 0 Å². The maximum absolute atomic E-state index is 12.2. The zero-order valence-corrected chi connectivity index (χ0v) is 18.8. The van der Waals surface area contributed by atoms with Gasteiger partial charge in [-0.25, -0.2) is 8.42 Å². The molecule has 0 saturated heterocycles. The lowest BCUT2D eigenvalue weighted by molar-refractivity contribution is -0.119. The Labute approximate surface area is 180 Å². The second kappa shape index (κ2) is 10.4. The second-order valence-corrected chi connectivity index (χ2v) is 10.0. The number of sulfonamides is 1. The maximum Gasteiger partial charge on any atom is 0.240 e. The smallest absolute Gasteiger partial charge is 0.240 e. The highest BCUT2D eigenvalue weighted by Gasteiger charge is 2.20. The summed E-state index contributed by atoms with van der Waals surface area (Å²) in [6.45, 7) is 2.06. The molecule has 2 rings (SSSR count). The number of carbonyl (C=O) groups excluding carboxylic acids is 1. The summed E-state index contributed by atoms with van der Waals surface area (Å²) in [6.07, 6.45) is 1.09. The minimum absolute atomic E-state index is 0.261. The Hall–Kier alpha value is -1.41. The van der Waals surface area contributed by atoms with Crippen LogP contribution < -0.4 is 9.62 Å². The number of anilines is 1. The number of hydrogen-bond acceptors (Lipinski definition) is 4. The number of aryl methyl sites for hydroxylation is 1. The number of carbonyl (C=O) groups is 1. The first kappa shape index (κ1) is 22.9. The van der Waals surface area contributed by atoms with E-state index < -0.39 is 10.0 Å². The lowest BCUT2D eigenvalue weighted by atomic mass is 10.2.